The van der Waals surface area contributed by atoms with E-state index >= 15 is 0 Å². The van der Waals surface area contributed by atoms with E-state index in [4.69, 9.17) is 0 Å². The van der Waals surface area contributed by atoms with Crippen LogP contribution in [0.2, 0.25) is 0 Å². The summed E-state index contributed by atoms with van der Waals surface area (Å²) in [6.07, 6.45) is 4.79. The molecule has 0 saturated carbocycles. The molecule has 3 aromatic rings. The highest BCUT2D eigenvalue weighted by Crippen LogP contribution is 2.26. The molecule has 1 aliphatic heterocycles. The number of aromatic hydroxyl groups is 1. The van der Waals surface area contributed by atoms with Crippen LogP contribution in [0.1, 0.15) is 54.1 Å². The van der Waals surface area contributed by atoms with Crippen LogP contribution in [0.3, 0.4) is 0 Å². The lowest BCUT2D eigenvalue weighted by molar-refractivity contribution is -0.133. The Hall–Kier alpha value is -3.79. The lowest BCUT2D eigenvalue weighted by atomic mass is 10.0. The zero-order valence-corrected chi connectivity index (χ0v) is 20.7. The van der Waals surface area contributed by atoms with Crippen molar-refractivity contribution < 1.29 is 24.2 Å². The number of aryl methyl sites for hydroxylation is 1. The van der Waals surface area contributed by atoms with Crippen molar-refractivity contribution in [1.82, 2.24) is 19.8 Å². The first-order chi connectivity index (χ1) is 17.8. The zero-order chi connectivity index (χ0) is 26.5. The molecule has 37 heavy (non-hydrogen) atoms. The molecule has 0 unspecified atom stereocenters. The quantitative estimate of drug-likeness (QED) is 0.406. The van der Waals surface area contributed by atoms with E-state index in [1.54, 1.807) is 36.2 Å². The molecule has 10 heteroatoms. The van der Waals surface area contributed by atoms with Gasteiger partial charge in [0.15, 0.2) is 5.75 Å². The number of amides is 2. The van der Waals surface area contributed by atoms with Gasteiger partial charge in [-0.1, -0.05) is 12.1 Å². The zero-order valence-electron chi connectivity index (χ0n) is 20.7. The maximum Gasteiger partial charge on any atom is 0.267 e. The number of carbonyl (C=O) groups excluding carboxylic acids is 2. The molecule has 3 heterocycles. The van der Waals surface area contributed by atoms with Crippen LogP contribution in [0.5, 0.6) is 5.75 Å². The maximum absolute atomic E-state index is 13.5. The maximum atomic E-state index is 13.5. The normalized spacial score (nSPS) is 14.7. The number of pyridine rings is 2. The number of carbonyl (C=O) groups is 2. The van der Waals surface area contributed by atoms with E-state index in [0.29, 0.717) is 37.9 Å². The SMILES string of the molecule is C[C@@H](CO)NC(=O)c1c(O)c2ncc(Cc3ccc(F)cc3)cc2n(CCCN2CCCCC2=O)c1=O. The fraction of sp³-hybridized carbons (Fsp3) is 0.407. The molecular weight excluding hydrogens is 479 g/mol. The number of likely N-dealkylation sites (tertiary alicyclic amines) is 1. The second kappa shape index (κ2) is 11.5. The molecule has 9 nitrogen and oxygen atoms in total. The molecule has 1 saturated heterocycles. The highest BCUT2D eigenvalue weighted by atomic mass is 19.1. The topological polar surface area (TPSA) is 125 Å². The van der Waals surface area contributed by atoms with Crippen LogP contribution in [0.4, 0.5) is 4.39 Å². The van der Waals surface area contributed by atoms with Gasteiger partial charge < -0.3 is 25.0 Å². The van der Waals surface area contributed by atoms with E-state index in [1.165, 1.54) is 16.7 Å². The Morgan fingerprint density at radius 2 is 1.92 bits per heavy atom. The molecule has 1 atom stereocenters. The van der Waals surface area contributed by atoms with Crippen LogP contribution < -0.4 is 10.9 Å². The molecular formula is C27H31FN4O5. The third-order valence-corrected chi connectivity index (χ3v) is 6.57. The largest absolute Gasteiger partial charge is 0.505 e. The van der Waals surface area contributed by atoms with Crippen molar-refractivity contribution in [3.8, 4) is 5.75 Å². The number of hydrogen-bond acceptors (Lipinski definition) is 6. The minimum atomic E-state index is -0.803. The summed E-state index contributed by atoms with van der Waals surface area (Å²) in [6.45, 7) is 2.60. The molecule has 1 aromatic carbocycles. The van der Waals surface area contributed by atoms with Gasteiger partial charge in [0.05, 0.1) is 12.1 Å². The summed E-state index contributed by atoms with van der Waals surface area (Å²) in [5.74, 6) is -1.58. The van der Waals surface area contributed by atoms with Crippen molar-refractivity contribution in [2.45, 2.75) is 51.6 Å². The smallest absolute Gasteiger partial charge is 0.267 e. The van der Waals surface area contributed by atoms with E-state index in [-0.39, 0.29) is 30.4 Å². The third-order valence-electron chi connectivity index (χ3n) is 6.57. The summed E-state index contributed by atoms with van der Waals surface area (Å²) < 4.78 is 14.7. The number of nitrogens with zero attached hydrogens (tertiary/aromatic N) is 3. The molecule has 1 aliphatic rings. The van der Waals surface area contributed by atoms with E-state index in [1.807, 2.05) is 0 Å². The van der Waals surface area contributed by atoms with Crippen molar-refractivity contribution in [2.24, 2.45) is 0 Å². The van der Waals surface area contributed by atoms with E-state index in [2.05, 4.69) is 10.3 Å². The van der Waals surface area contributed by atoms with Crippen LogP contribution in [0.15, 0.2) is 41.3 Å². The molecule has 0 bridgehead atoms. The van der Waals surface area contributed by atoms with Gasteiger partial charge in [-0.3, -0.25) is 19.4 Å². The average molecular weight is 511 g/mol. The van der Waals surface area contributed by atoms with Gasteiger partial charge in [0.25, 0.3) is 11.5 Å². The van der Waals surface area contributed by atoms with Gasteiger partial charge in [0.2, 0.25) is 5.91 Å². The molecule has 2 amide bonds. The molecule has 0 spiro atoms. The summed E-state index contributed by atoms with van der Waals surface area (Å²) in [4.78, 5) is 44.7. The predicted molar refractivity (Wildman–Crippen MR) is 136 cm³/mol. The summed E-state index contributed by atoms with van der Waals surface area (Å²) in [6, 6.07) is 7.17. The number of halogens is 1. The van der Waals surface area contributed by atoms with Crippen molar-refractivity contribution in [3.05, 3.63) is 69.4 Å². The number of hydrogen-bond donors (Lipinski definition) is 3. The first-order valence-electron chi connectivity index (χ1n) is 12.5. The standard InChI is InChI=1S/C27H31FN4O5/c1-17(16-33)30-26(36)23-25(35)24-21(14-19(15-29-24)13-18-6-8-20(28)9-7-18)32(27(23)37)12-4-11-31-10-3-2-5-22(31)34/h6-9,14-15,17,33,35H,2-5,10-13,16H2,1H3,(H,30,36)/t17-/m0/s1. The Kier molecular flexibility index (Phi) is 8.17. The Labute approximate surface area is 213 Å². The number of aliphatic hydroxyl groups excluding tert-OH is 1. The molecule has 0 aliphatic carbocycles. The van der Waals surface area contributed by atoms with Crippen LogP contribution in [-0.2, 0) is 17.8 Å². The second-order valence-corrected chi connectivity index (χ2v) is 9.44. The molecule has 3 N–H and O–H groups in total. The first-order valence-corrected chi connectivity index (χ1v) is 12.5. The Bertz CT molecular complexity index is 1360. The number of rotatable bonds is 9. The van der Waals surface area contributed by atoms with Gasteiger partial charge in [0, 0.05) is 38.3 Å². The average Bonchev–Trinajstić information content (AvgIpc) is 2.88. The van der Waals surface area contributed by atoms with E-state index in [0.717, 1.165) is 24.0 Å². The second-order valence-electron chi connectivity index (χ2n) is 9.44. The fourth-order valence-electron chi connectivity index (χ4n) is 4.57. The lowest BCUT2D eigenvalue weighted by Gasteiger charge is -2.27. The summed E-state index contributed by atoms with van der Waals surface area (Å²) in [5.41, 5.74) is 0.915. The van der Waals surface area contributed by atoms with Gasteiger partial charge in [0.1, 0.15) is 16.9 Å². The highest BCUT2D eigenvalue weighted by Gasteiger charge is 2.25. The molecule has 4 rings (SSSR count). The van der Waals surface area contributed by atoms with E-state index in [9.17, 15) is 29.0 Å². The Morgan fingerprint density at radius 1 is 1.16 bits per heavy atom. The van der Waals surface area contributed by atoms with Crippen LogP contribution in [0, 0.1) is 5.82 Å². The molecule has 0 radical (unpaired) electrons. The predicted octanol–water partition coefficient (Wildman–Crippen LogP) is 2.35. The van der Waals surface area contributed by atoms with Gasteiger partial charge in [-0.25, -0.2) is 4.39 Å². The van der Waals surface area contributed by atoms with Gasteiger partial charge in [-0.15, -0.1) is 0 Å². The molecule has 2 aromatic heterocycles. The number of fused-ring (bicyclic) bond motifs is 1. The summed E-state index contributed by atoms with van der Waals surface area (Å²) in [5, 5.41) is 22.7. The monoisotopic (exact) mass is 510 g/mol. The van der Waals surface area contributed by atoms with Gasteiger partial charge in [-0.05, 0) is 61.9 Å². The van der Waals surface area contributed by atoms with E-state index < -0.39 is 28.8 Å². The van der Waals surface area contributed by atoms with Crippen LogP contribution in [-0.4, -0.2) is 62.2 Å². The first kappa shape index (κ1) is 26.3. The summed E-state index contributed by atoms with van der Waals surface area (Å²) >= 11 is 0. The number of nitrogens with one attached hydrogen (secondary N) is 1. The van der Waals surface area contributed by atoms with Crippen molar-refractivity contribution in [1.29, 1.82) is 0 Å². The van der Waals surface area contributed by atoms with Crippen molar-refractivity contribution >= 4 is 22.8 Å². The lowest BCUT2D eigenvalue weighted by Crippen LogP contribution is -2.40. The van der Waals surface area contributed by atoms with Crippen LogP contribution >= 0.6 is 0 Å². The number of aromatic nitrogens is 2. The fourth-order valence-corrected chi connectivity index (χ4v) is 4.57. The third kappa shape index (κ3) is 5.96. The molecule has 1 fully saturated rings. The van der Waals surface area contributed by atoms with Gasteiger partial charge in [-0.2, -0.15) is 0 Å². The number of benzene rings is 1. The number of aliphatic hydroxyl groups is 1. The minimum Gasteiger partial charge on any atom is -0.505 e. The van der Waals surface area contributed by atoms with Gasteiger partial charge >= 0.3 is 0 Å². The highest BCUT2D eigenvalue weighted by molar-refractivity contribution is 6.01. The molecule has 196 valence electrons. The van der Waals surface area contributed by atoms with Crippen molar-refractivity contribution in [3.63, 3.8) is 0 Å². The number of piperidine rings is 1. The van der Waals surface area contributed by atoms with Crippen LogP contribution in [0.25, 0.3) is 11.0 Å². The minimum absolute atomic E-state index is 0.0930. The Balaban J connectivity index is 1.72. The van der Waals surface area contributed by atoms with Crippen molar-refractivity contribution in [2.75, 3.05) is 19.7 Å². The Morgan fingerprint density at radius 3 is 2.62 bits per heavy atom. The summed E-state index contributed by atoms with van der Waals surface area (Å²) in [7, 11) is 0.